The fourth-order valence-corrected chi connectivity index (χ4v) is 3.41. The molecule has 0 rings (SSSR count). The molecule has 0 aromatic rings. The normalized spacial score (nSPS) is 11.0. The molecule has 2 heteroatoms. The second-order valence-corrected chi connectivity index (χ2v) is 9.32. The second-order valence-electron chi connectivity index (χ2n) is 1.79. The summed E-state index contributed by atoms with van der Waals surface area (Å²) in [6.45, 7) is 4.60. The number of hydrogen-bond acceptors (Lipinski definition) is 0. The monoisotopic (exact) mass is 372 g/mol. The van der Waals surface area contributed by atoms with Crippen molar-refractivity contribution in [1.82, 2.24) is 0 Å². The van der Waals surface area contributed by atoms with E-state index in [1.165, 1.54) is 17.9 Å². The van der Waals surface area contributed by atoms with Crippen LogP contribution in [0.5, 0.6) is 0 Å². The van der Waals surface area contributed by atoms with E-state index in [9.17, 15) is 0 Å². The zero-order valence-corrected chi connectivity index (χ0v) is 11.5. The van der Waals surface area contributed by atoms with Crippen LogP contribution in [0.3, 0.4) is 0 Å². The molecule has 0 bridgehead atoms. The van der Waals surface area contributed by atoms with Crippen LogP contribution in [0.1, 0.15) is 13.8 Å². The molecule has 0 aliphatic heterocycles. The van der Waals surface area contributed by atoms with Gasteiger partial charge in [0.1, 0.15) is 0 Å². The molecule has 0 radical (unpaired) electrons. The molecule has 0 aromatic heterocycles. The summed E-state index contributed by atoms with van der Waals surface area (Å²) in [7, 11) is 0. The van der Waals surface area contributed by atoms with Crippen LogP contribution in [0.25, 0.3) is 0 Å². The van der Waals surface area contributed by atoms with Crippen molar-refractivity contribution < 1.29 is 0 Å². The summed E-state index contributed by atoms with van der Waals surface area (Å²) in [6, 6.07) is 0. The molecule has 0 unspecified atom stereocenters. The van der Waals surface area contributed by atoms with Gasteiger partial charge in [0.15, 0.2) is 0 Å². The van der Waals surface area contributed by atoms with Gasteiger partial charge < -0.3 is 0 Å². The van der Waals surface area contributed by atoms with E-state index in [1.807, 2.05) is 0 Å². The van der Waals surface area contributed by atoms with Crippen molar-refractivity contribution in [3.63, 3.8) is 0 Å². The van der Waals surface area contributed by atoms with Crippen LogP contribution in [0.4, 0.5) is 0 Å². The van der Waals surface area contributed by atoms with E-state index in [-0.39, 0.29) is 0 Å². The zero-order chi connectivity index (χ0) is 7.66. The van der Waals surface area contributed by atoms with Crippen LogP contribution in [0.2, 0.25) is 17.9 Å². The Balaban J connectivity index is 2.89. The molecule has 0 spiro atoms. The topological polar surface area (TPSA) is 0 Å². The van der Waals surface area contributed by atoms with Crippen LogP contribution in [-0.2, 0) is 0 Å². The predicted octanol–water partition coefficient (Wildman–Crippen LogP) is 2.66. The molecule has 0 aliphatic carbocycles. The molecule has 0 amide bonds. The molecule has 0 N–H and O–H groups in total. The summed E-state index contributed by atoms with van der Waals surface area (Å²) in [6.07, 6.45) is 4.82. The Morgan fingerprint density at radius 1 is 0.900 bits per heavy atom. The third-order valence-electron chi connectivity index (χ3n) is 1.00. The number of allylic oxidation sites excluding steroid dienone is 2. The maximum atomic E-state index is 2.41. The van der Waals surface area contributed by atoms with Gasteiger partial charge in [-0.05, 0) is 0 Å². The summed E-state index contributed by atoms with van der Waals surface area (Å²) in [5, 5.41) is 0. The Bertz CT molecular complexity index is 69.3. The fourth-order valence-electron chi connectivity index (χ4n) is 0.508. The van der Waals surface area contributed by atoms with Crippen molar-refractivity contribution in [2.75, 3.05) is 0 Å². The third kappa shape index (κ3) is 9.32. The average molecular weight is 367 g/mol. The van der Waals surface area contributed by atoms with Gasteiger partial charge in [-0.3, -0.25) is 0 Å². The van der Waals surface area contributed by atoms with Gasteiger partial charge in [-0.25, -0.2) is 0 Å². The van der Waals surface area contributed by atoms with Crippen molar-refractivity contribution in [3.8, 4) is 0 Å². The Morgan fingerprint density at radius 3 is 1.60 bits per heavy atom. The quantitative estimate of drug-likeness (QED) is 0.385. The first kappa shape index (κ1) is 11.3. The molecule has 0 saturated heterocycles. The van der Waals surface area contributed by atoms with Gasteiger partial charge in [-0.15, -0.1) is 0 Å². The number of rotatable bonds is 6. The zero-order valence-electron chi connectivity index (χ0n) is 6.80. The van der Waals surface area contributed by atoms with E-state index in [0.29, 0.717) is 41.8 Å². The van der Waals surface area contributed by atoms with Crippen LogP contribution in [0, 0.1) is 0 Å². The molecule has 0 atom stereocenters. The van der Waals surface area contributed by atoms with Crippen molar-refractivity contribution in [2.24, 2.45) is 0 Å². The average Bonchev–Trinajstić information content (AvgIpc) is 1.97. The van der Waals surface area contributed by atoms with Crippen molar-refractivity contribution in [2.45, 2.75) is 31.7 Å². The first-order valence-corrected chi connectivity index (χ1v) is 10.3. The second kappa shape index (κ2) is 10.3. The molecular formula is C8H16Te2. The number of hydrogen-bond donors (Lipinski definition) is 0. The van der Waals surface area contributed by atoms with Crippen molar-refractivity contribution >= 4 is 41.8 Å². The third-order valence-corrected chi connectivity index (χ3v) is 5.78. The summed E-state index contributed by atoms with van der Waals surface area (Å²) < 4.78 is 5.77. The summed E-state index contributed by atoms with van der Waals surface area (Å²) >= 11 is 0.764. The van der Waals surface area contributed by atoms with E-state index < -0.39 is 0 Å². The molecule has 0 aliphatic rings. The van der Waals surface area contributed by atoms with Crippen molar-refractivity contribution in [1.29, 1.82) is 0 Å². The van der Waals surface area contributed by atoms with E-state index in [1.54, 1.807) is 0 Å². The molecule has 0 heterocycles. The Morgan fingerprint density at radius 2 is 1.30 bits per heavy atom. The van der Waals surface area contributed by atoms with Gasteiger partial charge in [-0.1, -0.05) is 0 Å². The van der Waals surface area contributed by atoms with E-state index in [0.717, 1.165) is 0 Å². The van der Waals surface area contributed by atoms with Gasteiger partial charge in [0.05, 0.1) is 0 Å². The van der Waals surface area contributed by atoms with Gasteiger partial charge in [0.25, 0.3) is 0 Å². The molecule has 0 fully saturated rings. The molecule has 0 nitrogen and oxygen atoms in total. The Hall–Kier alpha value is 1.32. The van der Waals surface area contributed by atoms with Gasteiger partial charge in [0, 0.05) is 0 Å². The SMILES string of the molecule is CC[Te]CC=CC[Te]CC. The Labute approximate surface area is 85.0 Å². The summed E-state index contributed by atoms with van der Waals surface area (Å²) in [4.78, 5) is 0. The minimum atomic E-state index is 0.382. The van der Waals surface area contributed by atoms with Gasteiger partial charge in [-0.2, -0.15) is 0 Å². The van der Waals surface area contributed by atoms with Crippen LogP contribution in [-0.4, -0.2) is 41.8 Å². The van der Waals surface area contributed by atoms with Gasteiger partial charge in [0.2, 0.25) is 0 Å². The van der Waals surface area contributed by atoms with E-state index in [4.69, 9.17) is 0 Å². The Kier molecular flexibility index (Phi) is 11.7. The molecule has 0 saturated carbocycles. The van der Waals surface area contributed by atoms with Gasteiger partial charge >= 0.3 is 85.7 Å². The summed E-state index contributed by atoms with van der Waals surface area (Å²) in [5.74, 6) is 0. The van der Waals surface area contributed by atoms with Crippen LogP contribution in [0.15, 0.2) is 12.2 Å². The first-order valence-electron chi connectivity index (χ1n) is 3.72. The van der Waals surface area contributed by atoms with E-state index in [2.05, 4.69) is 26.0 Å². The van der Waals surface area contributed by atoms with Crippen LogP contribution >= 0.6 is 0 Å². The molecular weight excluding hydrogens is 351 g/mol. The first-order chi connectivity index (χ1) is 4.91. The summed E-state index contributed by atoms with van der Waals surface area (Å²) in [5.41, 5.74) is 0. The fraction of sp³-hybridized carbons (Fsp3) is 0.750. The maximum absolute atomic E-state index is 2.41. The van der Waals surface area contributed by atoms with Crippen molar-refractivity contribution in [3.05, 3.63) is 12.2 Å². The molecule has 60 valence electrons. The molecule has 10 heavy (non-hydrogen) atoms. The molecule has 0 aromatic carbocycles. The standard InChI is InChI=1S/C8H16Te2/c1-3-9-7-5-6-8-10-4-2/h5-6H,3-4,7-8H2,1-2H3. The van der Waals surface area contributed by atoms with E-state index >= 15 is 0 Å². The predicted molar refractivity (Wildman–Crippen MR) is 51.2 cm³/mol. The minimum absolute atomic E-state index is 0.382. The van der Waals surface area contributed by atoms with Crippen LogP contribution < -0.4 is 0 Å².